The summed E-state index contributed by atoms with van der Waals surface area (Å²) in [5.74, 6) is 0.762. The van der Waals surface area contributed by atoms with Crippen LogP contribution in [0.2, 0.25) is 0 Å². The first-order valence-corrected chi connectivity index (χ1v) is 6.25. The van der Waals surface area contributed by atoms with Crippen LogP contribution in [0.1, 0.15) is 24.0 Å². The van der Waals surface area contributed by atoms with Crippen molar-refractivity contribution in [2.75, 3.05) is 23.9 Å². The number of aryl methyl sites for hydroxylation is 2. The summed E-state index contributed by atoms with van der Waals surface area (Å²) < 4.78 is 0. The van der Waals surface area contributed by atoms with Crippen LogP contribution in [0.25, 0.3) is 0 Å². The number of anilines is 1. The molecule has 0 unspecified atom stereocenters. The summed E-state index contributed by atoms with van der Waals surface area (Å²) in [6.07, 6.45) is 3.59. The fourth-order valence-corrected chi connectivity index (χ4v) is 2.41. The monoisotopic (exact) mass is 223 g/mol. The van der Waals surface area contributed by atoms with Crippen LogP contribution in [0.15, 0.2) is 18.2 Å². The molecule has 0 radical (unpaired) electrons. The Balaban J connectivity index is 2.18. The van der Waals surface area contributed by atoms with Crippen molar-refractivity contribution < 1.29 is 0 Å². The lowest BCUT2D eigenvalue weighted by molar-refractivity contribution is 0.682. The van der Waals surface area contributed by atoms with Gasteiger partial charge in [0.2, 0.25) is 0 Å². The zero-order valence-electron chi connectivity index (χ0n) is 9.30. The van der Waals surface area contributed by atoms with Crippen molar-refractivity contribution in [2.45, 2.75) is 26.2 Å². The van der Waals surface area contributed by atoms with Gasteiger partial charge in [-0.25, -0.2) is 0 Å². The van der Waals surface area contributed by atoms with Gasteiger partial charge in [-0.3, -0.25) is 0 Å². The zero-order valence-corrected chi connectivity index (χ0v) is 10.1. The Bertz CT molecular complexity index is 335. The molecular weight excluding hydrogens is 206 g/mol. The molecule has 0 bridgehead atoms. The Kier molecular flexibility index (Phi) is 3.53. The van der Waals surface area contributed by atoms with Crippen LogP contribution in [-0.2, 0) is 6.42 Å². The summed E-state index contributed by atoms with van der Waals surface area (Å²) in [7, 11) is 0. The number of hydrogen-bond acceptors (Lipinski definition) is 1. The molecule has 0 aliphatic carbocycles. The van der Waals surface area contributed by atoms with Crippen molar-refractivity contribution in [3.8, 4) is 0 Å². The molecule has 15 heavy (non-hydrogen) atoms. The van der Waals surface area contributed by atoms with Gasteiger partial charge < -0.3 is 4.90 Å². The summed E-state index contributed by atoms with van der Waals surface area (Å²) >= 11 is 5.75. The highest BCUT2D eigenvalue weighted by atomic mass is 35.5. The van der Waals surface area contributed by atoms with E-state index < -0.39 is 0 Å². The minimum absolute atomic E-state index is 0.762. The van der Waals surface area contributed by atoms with Crippen LogP contribution < -0.4 is 4.90 Å². The number of alkyl halides is 1. The third kappa shape index (κ3) is 2.46. The van der Waals surface area contributed by atoms with E-state index in [1.807, 2.05) is 0 Å². The highest BCUT2D eigenvalue weighted by Crippen LogP contribution is 2.27. The van der Waals surface area contributed by atoms with Crippen molar-refractivity contribution in [3.05, 3.63) is 29.3 Å². The molecule has 2 rings (SSSR count). The summed E-state index contributed by atoms with van der Waals surface area (Å²) in [6.45, 7) is 4.45. The van der Waals surface area contributed by atoms with E-state index in [2.05, 4.69) is 30.0 Å². The topological polar surface area (TPSA) is 3.24 Å². The highest BCUT2D eigenvalue weighted by Gasteiger charge is 2.15. The SMILES string of the molecule is Cc1ccc2c(c1)CCCN2CCCCl. The molecule has 1 aliphatic rings. The van der Waals surface area contributed by atoms with Gasteiger partial charge in [0.25, 0.3) is 0 Å². The molecule has 1 aliphatic heterocycles. The van der Waals surface area contributed by atoms with Gasteiger partial charge in [-0.2, -0.15) is 0 Å². The molecule has 0 saturated heterocycles. The fraction of sp³-hybridized carbons (Fsp3) is 0.538. The van der Waals surface area contributed by atoms with Gasteiger partial charge in [-0.1, -0.05) is 17.7 Å². The van der Waals surface area contributed by atoms with Crippen molar-refractivity contribution in [3.63, 3.8) is 0 Å². The molecule has 1 heterocycles. The minimum atomic E-state index is 0.762. The predicted octanol–water partition coefficient (Wildman–Crippen LogP) is 3.38. The molecule has 0 saturated carbocycles. The van der Waals surface area contributed by atoms with E-state index in [1.54, 1.807) is 0 Å². The molecule has 0 aromatic heterocycles. The molecule has 0 atom stereocenters. The van der Waals surface area contributed by atoms with Crippen LogP contribution in [0.5, 0.6) is 0 Å². The van der Waals surface area contributed by atoms with Gasteiger partial charge in [0.05, 0.1) is 0 Å². The lowest BCUT2D eigenvalue weighted by Crippen LogP contribution is -2.30. The van der Waals surface area contributed by atoms with Gasteiger partial charge in [0, 0.05) is 24.7 Å². The second-order valence-corrected chi connectivity index (χ2v) is 4.64. The molecule has 1 aromatic rings. The maximum absolute atomic E-state index is 5.75. The Morgan fingerprint density at radius 1 is 1.40 bits per heavy atom. The van der Waals surface area contributed by atoms with E-state index in [0.29, 0.717) is 0 Å². The van der Waals surface area contributed by atoms with Crippen LogP contribution >= 0.6 is 11.6 Å². The number of fused-ring (bicyclic) bond motifs is 1. The van der Waals surface area contributed by atoms with E-state index in [0.717, 1.165) is 18.8 Å². The zero-order chi connectivity index (χ0) is 10.7. The first kappa shape index (κ1) is 10.8. The minimum Gasteiger partial charge on any atom is -0.371 e. The molecule has 0 amide bonds. The van der Waals surface area contributed by atoms with Crippen molar-refractivity contribution >= 4 is 17.3 Å². The highest BCUT2D eigenvalue weighted by molar-refractivity contribution is 6.17. The smallest absolute Gasteiger partial charge is 0.0398 e. The van der Waals surface area contributed by atoms with Crippen LogP contribution in [-0.4, -0.2) is 19.0 Å². The lowest BCUT2D eigenvalue weighted by atomic mass is 9.99. The largest absolute Gasteiger partial charge is 0.371 e. The second-order valence-electron chi connectivity index (χ2n) is 4.27. The molecule has 82 valence electrons. The van der Waals surface area contributed by atoms with Gasteiger partial charge in [0.1, 0.15) is 0 Å². The molecule has 1 aromatic carbocycles. The first-order chi connectivity index (χ1) is 7.31. The number of benzene rings is 1. The molecule has 1 nitrogen and oxygen atoms in total. The van der Waals surface area contributed by atoms with E-state index in [9.17, 15) is 0 Å². The summed E-state index contributed by atoms with van der Waals surface area (Å²) in [5.41, 5.74) is 4.31. The number of rotatable bonds is 3. The van der Waals surface area contributed by atoms with Gasteiger partial charge in [0.15, 0.2) is 0 Å². The summed E-state index contributed by atoms with van der Waals surface area (Å²) in [4.78, 5) is 2.47. The summed E-state index contributed by atoms with van der Waals surface area (Å²) in [5, 5.41) is 0. The third-order valence-corrected chi connectivity index (χ3v) is 3.28. The van der Waals surface area contributed by atoms with Crippen molar-refractivity contribution in [2.24, 2.45) is 0 Å². The van der Waals surface area contributed by atoms with Gasteiger partial charge >= 0.3 is 0 Å². The normalized spacial score (nSPS) is 15.2. The van der Waals surface area contributed by atoms with Gasteiger partial charge in [-0.15, -0.1) is 11.6 Å². The lowest BCUT2D eigenvalue weighted by Gasteiger charge is -2.31. The Labute approximate surface area is 97.0 Å². The Morgan fingerprint density at radius 3 is 3.07 bits per heavy atom. The molecular formula is C13H18ClN. The quantitative estimate of drug-likeness (QED) is 0.711. The van der Waals surface area contributed by atoms with Crippen molar-refractivity contribution in [1.82, 2.24) is 0 Å². The van der Waals surface area contributed by atoms with Crippen molar-refractivity contribution in [1.29, 1.82) is 0 Å². The van der Waals surface area contributed by atoms with Crippen LogP contribution in [0.3, 0.4) is 0 Å². The average Bonchev–Trinajstić information content (AvgIpc) is 2.25. The average molecular weight is 224 g/mol. The predicted molar refractivity (Wildman–Crippen MR) is 67.1 cm³/mol. The van der Waals surface area contributed by atoms with E-state index in [4.69, 9.17) is 11.6 Å². The number of hydrogen-bond donors (Lipinski definition) is 0. The first-order valence-electron chi connectivity index (χ1n) is 5.71. The molecule has 0 spiro atoms. The Hall–Kier alpha value is -0.690. The van der Waals surface area contributed by atoms with Crippen LogP contribution in [0, 0.1) is 6.92 Å². The number of nitrogens with zero attached hydrogens (tertiary/aromatic N) is 1. The van der Waals surface area contributed by atoms with E-state index in [1.165, 1.54) is 36.2 Å². The molecule has 0 N–H and O–H groups in total. The maximum atomic E-state index is 5.75. The van der Waals surface area contributed by atoms with Crippen LogP contribution in [0.4, 0.5) is 5.69 Å². The summed E-state index contributed by atoms with van der Waals surface area (Å²) in [6, 6.07) is 6.79. The third-order valence-electron chi connectivity index (χ3n) is 3.01. The van der Waals surface area contributed by atoms with Gasteiger partial charge in [-0.05, 0) is 37.8 Å². The second kappa shape index (κ2) is 4.89. The molecule has 0 fully saturated rings. The Morgan fingerprint density at radius 2 is 2.27 bits per heavy atom. The van der Waals surface area contributed by atoms with E-state index >= 15 is 0 Å². The fourth-order valence-electron chi connectivity index (χ4n) is 2.29. The number of halogens is 1. The molecule has 2 heteroatoms. The maximum Gasteiger partial charge on any atom is 0.0398 e. The standard InChI is InChI=1S/C13H18ClN/c1-11-5-6-13-12(10-11)4-2-8-15(13)9-3-7-14/h5-6,10H,2-4,7-9H2,1H3. The van der Waals surface area contributed by atoms with E-state index in [-0.39, 0.29) is 0 Å².